The molecule has 1 amide bonds. The van der Waals surface area contributed by atoms with Crippen molar-refractivity contribution < 1.29 is 19.0 Å². The molecule has 0 aliphatic carbocycles. The van der Waals surface area contributed by atoms with Crippen molar-refractivity contribution >= 4 is 27.3 Å². The molecule has 0 unspecified atom stereocenters. The molecule has 1 heterocycles. The molecule has 0 saturated carbocycles. The Morgan fingerprint density at radius 2 is 1.64 bits per heavy atom. The number of ether oxygens (including phenoxy) is 3. The molecule has 1 aromatic heterocycles. The number of methoxy groups -OCH3 is 3. The van der Waals surface area contributed by atoms with Crippen molar-refractivity contribution in [3.05, 3.63) is 52.9 Å². The Labute approximate surface area is 150 Å². The van der Waals surface area contributed by atoms with Gasteiger partial charge in [-0.3, -0.25) is 4.79 Å². The summed E-state index contributed by atoms with van der Waals surface area (Å²) in [5.74, 6) is 1.70. The molecule has 130 valence electrons. The number of benzene rings is 2. The molecular formula is C19H19NO4S. The lowest BCUT2D eigenvalue weighted by atomic mass is 10.1. The fraction of sp³-hybridized carbons (Fsp3) is 0.211. The van der Waals surface area contributed by atoms with Gasteiger partial charge in [0.25, 0.3) is 5.91 Å². The van der Waals surface area contributed by atoms with Crippen LogP contribution in [-0.4, -0.2) is 27.2 Å². The molecule has 0 aliphatic heterocycles. The van der Waals surface area contributed by atoms with Gasteiger partial charge in [-0.05, 0) is 23.6 Å². The van der Waals surface area contributed by atoms with Gasteiger partial charge in [-0.15, -0.1) is 11.3 Å². The topological polar surface area (TPSA) is 56.8 Å². The minimum Gasteiger partial charge on any atom is -0.496 e. The van der Waals surface area contributed by atoms with Gasteiger partial charge in [0.05, 0.1) is 26.2 Å². The Morgan fingerprint density at radius 1 is 0.960 bits per heavy atom. The summed E-state index contributed by atoms with van der Waals surface area (Å²) < 4.78 is 17.1. The third-order valence-corrected chi connectivity index (χ3v) is 4.99. The van der Waals surface area contributed by atoms with Crippen molar-refractivity contribution in [2.75, 3.05) is 21.3 Å². The molecule has 0 aliphatic rings. The molecule has 0 saturated heterocycles. The van der Waals surface area contributed by atoms with Crippen LogP contribution in [0.3, 0.4) is 0 Å². The van der Waals surface area contributed by atoms with E-state index in [2.05, 4.69) is 5.32 Å². The highest BCUT2D eigenvalue weighted by atomic mass is 32.1. The second-order valence-corrected chi connectivity index (χ2v) is 6.43. The van der Waals surface area contributed by atoms with Gasteiger partial charge in [0.2, 0.25) is 0 Å². The number of carbonyl (C=O) groups is 1. The third-order valence-electron chi connectivity index (χ3n) is 3.88. The Bertz CT molecular complexity index is 871. The molecule has 0 bridgehead atoms. The summed E-state index contributed by atoms with van der Waals surface area (Å²) in [4.78, 5) is 13.1. The second kappa shape index (κ2) is 7.44. The van der Waals surface area contributed by atoms with Gasteiger partial charge in [-0.1, -0.05) is 18.2 Å². The monoisotopic (exact) mass is 357 g/mol. The Balaban J connectivity index is 1.79. The summed E-state index contributed by atoms with van der Waals surface area (Å²) in [5, 5.41) is 4.01. The zero-order chi connectivity index (χ0) is 17.8. The van der Waals surface area contributed by atoms with Crippen LogP contribution in [0.4, 0.5) is 0 Å². The number of nitrogens with one attached hydrogen (secondary N) is 1. The van der Waals surface area contributed by atoms with Gasteiger partial charge in [-0.25, -0.2) is 0 Å². The van der Waals surface area contributed by atoms with Gasteiger partial charge >= 0.3 is 0 Å². The van der Waals surface area contributed by atoms with Crippen molar-refractivity contribution in [3.8, 4) is 17.2 Å². The van der Waals surface area contributed by atoms with E-state index in [0.29, 0.717) is 28.7 Å². The van der Waals surface area contributed by atoms with E-state index in [9.17, 15) is 4.79 Å². The van der Waals surface area contributed by atoms with Crippen LogP contribution in [0.25, 0.3) is 10.1 Å². The van der Waals surface area contributed by atoms with Crippen molar-refractivity contribution in [2.45, 2.75) is 6.54 Å². The van der Waals surface area contributed by atoms with E-state index >= 15 is 0 Å². The quantitative estimate of drug-likeness (QED) is 0.728. The Kier molecular flexibility index (Phi) is 5.09. The molecule has 0 radical (unpaired) electrons. The molecular weight excluding hydrogens is 338 g/mol. The molecule has 3 rings (SSSR count). The van der Waals surface area contributed by atoms with Crippen LogP contribution >= 0.6 is 11.3 Å². The SMILES string of the molecule is COc1cc(OC)c(OC)cc1CNC(=O)c1cc2ccccc2s1. The fourth-order valence-electron chi connectivity index (χ4n) is 2.59. The first-order chi connectivity index (χ1) is 12.2. The Morgan fingerprint density at radius 3 is 2.32 bits per heavy atom. The predicted octanol–water partition coefficient (Wildman–Crippen LogP) is 3.86. The molecule has 6 heteroatoms. The average molecular weight is 357 g/mol. The molecule has 5 nitrogen and oxygen atoms in total. The zero-order valence-corrected chi connectivity index (χ0v) is 15.1. The van der Waals surface area contributed by atoms with E-state index < -0.39 is 0 Å². The summed E-state index contributed by atoms with van der Waals surface area (Å²) in [6, 6.07) is 13.4. The number of rotatable bonds is 6. The summed E-state index contributed by atoms with van der Waals surface area (Å²) in [7, 11) is 4.72. The minimum absolute atomic E-state index is 0.113. The van der Waals surface area contributed by atoms with Crippen molar-refractivity contribution in [1.29, 1.82) is 0 Å². The van der Waals surface area contributed by atoms with Crippen LogP contribution in [0.1, 0.15) is 15.2 Å². The van der Waals surface area contributed by atoms with Crippen molar-refractivity contribution in [1.82, 2.24) is 5.32 Å². The van der Waals surface area contributed by atoms with E-state index in [-0.39, 0.29) is 5.91 Å². The van der Waals surface area contributed by atoms with Crippen molar-refractivity contribution in [3.63, 3.8) is 0 Å². The van der Waals surface area contributed by atoms with Gasteiger partial charge in [-0.2, -0.15) is 0 Å². The zero-order valence-electron chi connectivity index (χ0n) is 14.3. The lowest BCUT2D eigenvalue weighted by Crippen LogP contribution is -2.22. The molecule has 1 N–H and O–H groups in total. The first kappa shape index (κ1) is 17.1. The lowest BCUT2D eigenvalue weighted by molar-refractivity contribution is 0.0954. The highest BCUT2D eigenvalue weighted by molar-refractivity contribution is 7.20. The molecule has 0 atom stereocenters. The van der Waals surface area contributed by atoms with E-state index in [0.717, 1.165) is 15.6 Å². The van der Waals surface area contributed by atoms with Crippen LogP contribution in [-0.2, 0) is 6.54 Å². The van der Waals surface area contributed by atoms with Gasteiger partial charge in [0.1, 0.15) is 5.75 Å². The van der Waals surface area contributed by atoms with Crippen molar-refractivity contribution in [2.24, 2.45) is 0 Å². The van der Waals surface area contributed by atoms with Gasteiger partial charge in [0, 0.05) is 22.9 Å². The summed E-state index contributed by atoms with van der Waals surface area (Å²) in [6.45, 7) is 0.330. The largest absolute Gasteiger partial charge is 0.496 e. The van der Waals surface area contributed by atoms with Crippen LogP contribution in [0.15, 0.2) is 42.5 Å². The molecule has 0 spiro atoms. The van der Waals surface area contributed by atoms with E-state index in [4.69, 9.17) is 14.2 Å². The lowest BCUT2D eigenvalue weighted by Gasteiger charge is -2.14. The van der Waals surface area contributed by atoms with Gasteiger partial charge < -0.3 is 19.5 Å². The maximum atomic E-state index is 12.5. The number of fused-ring (bicyclic) bond motifs is 1. The number of hydrogen-bond donors (Lipinski definition) is 1. The molecule has 2 aromatic carbocycles. The summed E-state index contributed by atoms with van der Waals surface area (Å²) in [6.07, 6.45) is 0. The van der Waals surface area contributed by atoms with Crippen LogP contribution in [0, 0.1) is 0 Å². The number of hydrogen-bond acceptors (Lipinski definition) is 5. The standard InChI is InChI=1S/C19H19NO4S/c1-22-14-10-16(24-3)15(23-2)8-13(14)11-20-19(21)18-9-12-6-4-5-7-17(12)25-18/h4-10H,11H2,1-3H3,(H,20,21). The van der Waals surface area contributed by atoms with Crippen LogP contribution < -0.4 is 19.5 Å². The predicted molar refractivity (Wildman–Crippen MR) is 99.1 cm³/mol. The van der Waals surface area contributed by atoms with E-state index in [1.807, 2.05) is 36.4 Å². The molecule has 25 heavy (non-hydrogen) atoms. The van der Waals surface area contributed by atoms with E-state index in [1.165, 1.54) is 11.3 Å². The maximum absolute atomic E-state index is 12.5. The van der Waals surface area contributed by atoms with Crippen LogP contribution in [0.2, 0.25) is 0 Å². The first-order valence-electron chi connectivity index (χ1n) is 7.72. The average Bonchev–Trinajstić information content (AvgIpc) is 3.09. The first-order valence-corrected chi connectivity index (χ1v) is 8.53. The summed E-state index contributed by atoms with van der Waals surface area (Å²) >= 11 is 1.48. The van der Waals surface area contributed by atoms with E-state index in [1.54, 1.807) is 27.4 Å². The fourth-order valence-corrected chi connectivity index (χ4v) is 3.57. The normalized spacial score (nSPS) is 10.5. The number of carbonyl (C=O) groups excluding carboxylic acids is 1. The number of thiophene rings is 1. The molecule has 0 fully saturated rings. The highest BCUT2D eigenvalue weighted by Gasteiger charge is 2.14. The third kappa shape index (κ3) is 3.53. The number of amides is 1. The van der Waals surface area contributed by atoms with Gasteiger partial charge in [0.15, 0.2) is 11.5 Å². The maximum Gasteiger partial charge on any atom is 0.261 e. The molecule has 3 aromatic rings. The summed E-state index contributed by atoms with van der Waals surface area (Å²) in [5.41, 5.74) is 0.814. The highest BCUT2D eigenvalue weighted by Crippen LogP contribution is 2.34. The smallest absolute Gasteiger partial charge is 0.261 e. The van der Waals surface area contributed by atoms with Crippen LogP contribution in [0.5, 0.6) is 17.2 Å². The second-order valence-electron chi connectivity index (χ2n) is 5.35. The minimum atomic E-state index is -0.113. The Hall–Kier alpha value is -2.73.